The monoisotopic (exact) mass is 379 g/mol. The molecule has 2 aromatic carbocycles. The van der Waals surface area contributed by atoms with Gasteiger partial charge in [-0.1, -0.05) is 29.4 Å². The first kappa shape index (κ1) is 18.7. The Morgan fingerprint density at radius 2 is 2.00 bits per heavy atom. The van der Waals surface area contributed by atoms with E-state index in [9.17, 15) is 23.1 Å². The molecule has 2 aromatic rings. The summed E-state index contributed by atoms with van der Waals surface area (Å²) >= 11 is 0. The molecule has 4 N–H and O–H groups in total. The zero-order valence-electron chi connectivity index (χ0n) is 14.0. The molecule has 1 heterocycles. The lowest BCUT2D eigenvalue weighted by molar-refractivity contribution is -0.355. The summed E-state index contributed by atoms with van der Waals surface area (Å²) in [5.41, 5.74) is 7.48. The van der Waals surface area contributed by atoms with Crippen molar-refractivity contribution in [3.05, 3.63) is 65.2 Å². The van der Waals surface area contributed by atoms with E-state index in [1.54, 1.807) is 42.5 Å². The van der Waals surface area contributed by atoms with E-state index in [0.29, 0.717) is 22.4 Å². The summed E-state index contributed by atoms with van der Waals surface area (Å²) in [6, 6.07) is 12.9. The molecule has 1 aliphatic heterocycles. The van der Waals surface area contributed by atoms with Crippen LogP contribution in [0.1, 0.15) is 27.9 Å². The molecule has 27 heavy (non-hydrogen) atoms. The average molecular weight is 379 g/mol. The van der Waals surface area contributed by atoms with E-state index in [4.69, 9.17) is 5.73 Å². The highest BCUT2D eigenvalue weighted by Gasteiger charge is 2.60. The minimum absolute atomic E-state index is 0.0289. The van der Waals surface area contributed by atoms with Gasteiger partial charge in [-0.2, -0.15) is 13.2 Å². The Morgan fingerprint density at radius 3 is 2.67 bits per heavy atom. The van der Waals surface area contributed by atoms with Crippen LogP contribution in [0.2, 0.25) is 0 Å². The van der Waals surface area contributed by atoms with Crippen LogP contribution < -0.4 is 11.1 Å². The summed E-state index contributed by atoms with van der Waals surface area (Å²) in [5, 5.41) is 15.6. The van der Waals surface area contributed by atoms with Gasteiger partial charge in [-0.15, -0.1) is 0 Å². The third-order valence-electron chi connectivity index (χ3n) is 4.02. The van der Waals surface area contributed by atoms with Gasteiger partial charge in [0.2, 0.25) is 0 Å². The van der Waals surface area contributed by atoms with Crippen molar-refractivity contribution in [3.63, 3.8) is 0 Å². The number of anilines is 1. The van der Waals surface area contributed by atoms with Gasteiger partial charge in [0.1, 0.15) is 0 Å². The van der Waals surface area contributed by atoms with Crippen LogP contribution in [0.15, 0.2) is 53.7 Å². The number of halogens is 3. The lowest BCUT2D eigenvalue weighted by atomic mass is 10.0. The topological polar surface area (TPSA) is 96.9 Å². The Balaban J connectivity index is 1.67. The normalized spacial score (nSPS) is 19.3. The number of alkyl halides is 3. The van der Waals surface area contributed by atoms with E-state index in [1.807, 2.05) is 0 Å². The number of nitrogen functional groups attached to an aromatic ring is 1. The molecule has 9 heteroatoms. The fourth-order valence-electron chi connectivity index (χ4n) is 2.55. The van der Waals surface area contributed by atoms with Gasteiger partial charge in [-0.05, 0) is 35.4 Å². The second-order valence-corrected chi connectivity index (χ2v) is 6.10. The predicted octanol–water partition coefficient (Wildman–Crippen LogP) is 2.57. The maximum atomic E-state index is 12.8. The van der Waals surface area contributed by atoms with Crippen LogP contribution in [-0.2, 0) is 11.4 Å². The van der Waals surface area contributed by atoms with E-state index >= 15 is 0 Å². The smallest absolute Gasteiger partial charge is 0.399 e. The van der Waals surface area contributed by atoms with Crippen molar-refractivity contribution in [2.75, 3.05) is 5.73 Å². The first-order chi connectivity index (χ1) is 12.7. The van der Waals surface area contributed by atoms with Gasteiger partial charge in [-0.3, -0.25) is 4.79 Å². The molecule has 6 nitrogen and oxygen atoms in total. The van der Waals surface area contributed by atoms with Crippen LogP contribution in [0.5, 0.6) is 0 Å². The lowest BCUT2D eigenvalue weighted by Crippen LogP contribution is -2.45. The van der Waals surface area contributed by atoms with E-state index in [1.165, 1.54) is 6.07 Å². The Bertz CT molecular complexity index is 899. The second-order valence-electron chi connectivity index (χ2n) is 6.10. The van der Waals surface area contributed by atoms with Crippen molar-refractivity contribution >= 4 is 17.3 Å². The quantitative estimate of drug-likeness (QED) is 0.712. The number of hydrogen-bond donors (Lipinski definition) is 3. The van der Waals surface area contributed by atoms with Gasteiger partial charge in [0.15, 0.2) is 0 Å². The third kappa shape index (κ3) is 4.03. The number of amides is 1. The van der Waals surface area contributed by atoms with Crippen LogP contribution >= 0.6 is 0 Å². The molecule has 1 unspecified atom stereocenters. The molecular weight excluding hydrogens is 363 g/mol. The Morgan fingerprint density at radius 1 is 1.26 bits per heavy atom. The van der Waals surface area contributed by atoms with Crippen molar-refractivity contribution in [3.8, 4) is 0 Å². The summed E-state index contributed by atoms with van der Waals surface area (Å²) in [6.07, 6.45) is -5.77. The van der Waals surface area contributed by atoms with E-state index in [2.05, 4.69) is 15.3 Å². The number of carbonyl (C=O) groups excluding carboxylic acids is 1. The van der Waals surface area contributed by atoms with Crippen LogP contribution in [0.3, 0.4) is 0 Å². The molecule has 0 saturated carbocycles. The van der Waals surface area contributed by atoms with E-state index in [0.717, 1.165) is 0 Å². The third-order valence-corrected chi connectivity index (χ3v) is 4.02. The van der Waals surface area contributed by atoms with Gasteiger partial charge < -0.3 is 21.0 Å². The van der Waals surface area contributed by atoms with Crippen LogP contribution in [-0.4, -0.2) is 28.7 Å². The van der Waals surface area contributed by atoms with Crippen molar-refractivity contribution in [1.82, 2.24) is 5.32 Å². The Hall–Kier alpha value is -3.07. The Kier molecular flexibility index (Phi) is 4.79. The maximum absolute atomic E-state index is 12.8. The number of aliphatic hydroxyl groups is 1. The van der Waals surface area contributed by atoms with Gasteiger partial charge in [0, 0.05) is 17.8 Å². The molecule has 0 aliphatic carbocycles. The zero-order valence-corrected chi connectivity index (χ0v) is 14.0. The largest absolute Gasteiger partial charge is 0.458 e. The average Bonchev–Trinajstić information content (AvgIpc) is 3.03. The number of nitrogens with two attached hydrogens (primary N) is 1. The molecule has 0 saturated heterocycles. The molecule has 0 radical (unpaired) electrons. The minimum Gasteiger partial charge on any atom is -0.399 e. The number of hydrogen-bond acceptors (Lipinski definition) is 5. The molecular formula is C18H16F3N3O3. The van der Waals surface area contributed by atoms with Crippen molar-refractivity contribution in [2.45, 2.75) is 24.9 Å². The highest BCUT2D eigenvalue weighted by molar-refractivity contribution is 6.01. The number of rotatable bonds is 4. The summed E-state index contributed by atoms with van der Waals surface area (Å²) in [4.78, 5) is 16.4. The number of nitrogens with one attached hydrogen (secondary N) is 1. The first-order valence-electron chi connectivity index (χ1n) is 7.95. The lowest BCUT2D eigenvalue weighted by Gasteiger charge is -2.22. The standard InChI is InChI=1S/C18H16F3N3O3/c19-18(20,21)17(26)9-15(24-27-17)12-4-1-3-11(7-12)10-23-16(25)13-5-2-6-14(22)8-13/h1-8,26H,9-10,22H2,(H,23,25). The summed E-state index contributed by atoms with van der Waals surface area (Å²) < 4.78 is 38.4. The molecule has 1 aliphatic rings. The molecule has 0 spiro atoms. The highest BCUT2D eigenvalue weighted by atomic mass is 19.4. The number of benzene rings is 2. The van der Waals surface area contributed by atoms with E-state index < -0.39 is 18.4 Å². The maximum Gasteiger partial charge on any atom is 0.458 e. The molecule has 0 fully saturated rings. The summed E-state index contributed by atoms with van der Waals surface area (Å²) in [5.74, 6) is -3.65. The fraction of sp³-hybridized carbons (Fsp3) is 0.222. The van der Waals surface area contributed by atoms with Crippen molar-refractivity contribution in [1.29, 1.82) is 0 Å². The fourth-order valence-corrected chi connectivity index (χ4v) is 2.55. The number of nitrogens with zero attached hydrogens (tertiary/aromatic N) is 1. The summed E-state index contributed by atoms with van der Waals surface area (Å²) in [6.45, 7) is 0.152. The second kappa shape index (κ2) is 6.92. The van der Waals surface area contributed by atoms with Gasteiger partial charge in [0.25, 0.3) is 5.91 Å². The van der Waals surface area contributed by atoms with Crippen LogP contribution in [0, 0.1) is 0 Å². The van der Waals surface area contributed by atoms with Crippen LogP contribution in [0.4, 0.5) is 18.9 Å². The number of carbonyl (C=O) groups is 1. The van der Waals surface area contributed by atoms with E-state index in [-0.39, 0.29) is 18.2 Å². The molecule has 142 valence electrons. The molecule has 0 bridgehead atoms. The number of oxime groups is 1. The minimum atomic E-state index is -4.96. The van der Waals surface area contributed by atoms with Gasteiger partial charge in [-0.25, -0.2) is 0 Å². The molecule has 3 rings (SSSR count). The van der Waals surface area contributed by atoms with Crippen LogP contribution in [0.25, 0.3) is 0 Å². The SMILES string of the molecule is Nc1cccc(C(=O)NCc2cccc(C3=NOC(O)(C(F)(F)F)C3)c2)c1. The summed E-state index contributed by atoms with van der Waals surface area (Å²) in [7, 11) is 0. The van der Waals surface area contributed by atoms with Gasteiger partial charge >= 0.3 is 12.0 Å². The molecule has 1 amide bonds. The molecule has 1 atom stereocenters. The predicted molar refractivity (Wildman–Crippen MR) is 91.7 cm³/mol. The van der Waals surface area contributed by atoms with Crippen molar-refractivity contribution < 1.29 is 27.9 Å². The molecule has 0 aromatic heterocycles. The zero-order chi connectivity index (χ0) is 19.7. The first-order valence-corrected chi connectivity index (χ1v) is 7.95. The highest BCUT2D eigenvalue weighted by Crippen LogP contribution is 2.38. The van der Waals surface area contributed by atoms with Gasteiger partial charge in [0.05, 0.1) is 12.1 Å². The Labute approximate surface area is 152 Å². The van der Waals surface area contributed by atoms with Crippen molar-refractivity contribution in [2.24, 2.45) is 5.16 Å².